The SMILES string of the molecule is COCCCNc1nc(C)cc(C(=O)Nc2ccc(N3CCC(C)CC3)cc2)n1. The number of piperidine rings is 1. The number of benzene rings is 1. The van der Waals surface area contributed by atoms with Gasteiger partial charge in [-0.15, -0.1) is 0 Å². The molecule has 0 aliphatic carbocycles. The fraction of sp³-hybridized carbons (Fsp3) is 0.500. The van der Waals surface area contributed by atoms with Crippen molar-refractivity contribution < 1.29 is 9.53 Å². The van der Waals surface area contributed by atoms with Crippen LogP contribution in [0.1, 0.15) is 42.4 Å². The van der Waals surface area contributed by atoms with Gasteiger partial charge in [-0.3, -0.25) is 4.79 Å². The van der Waals surface area contributed by atoms with E-state index in [-0.39, 0.29) is 5.91 Å². The Labute approximate surface area is 172 Å². The molecule has 0 spiro atoms. The van der Waals surface area contributed by atoms with Crippen molar-refractivity contribution in [3.05, 3.63) is 41.7 Å². The number of carbonyl (C=O) groups is 1. The molecule has 3 rings (SSSR count). The number of hydrogen-bond donors (Lipinski definition) is 2. The summed E-state index contributed by atoms with van der Waals surface area (Å²) in [4.78, 5) is 23.7. The Morgan fingerprint density at radius 2 is 1.93 bits per heavy atom. The molecule has 0 bridgehead atoms. The van der Waals surface area contributed by atoms with Gasteiger partial charge in [0.05, 0.1) is 0 Å². The molecule has 1 aliphatic rings. The van der Waals surface area contributed by atoms with E-state index in [1.165, 1.54) is 18.5 Å². The van der Waals surface area contributed by atoms with Gasteiger partial charge in [-0.05, 0) is 62.4 Å². The molecule has 2 aromatic rings. The second kappa shape index (κ2) is 10.2. The summed E-state index contributed by atoms with van der Waals surface area (Å²) in [5, 5.41) is 6.07. The average Bonchev–Trinajstić information content (AvgIpc) is 2.72. The van der Waals surface area contributed by atoms with Crippen molar-refractivity contribution in [3.8, 4) is 0 Å². The lowest BCUT2D eigenvalue weighted by molar-refractivity contribution is 0.102. The summed E-state index contributed by atoms with van der Waals surface area (Å²) in [5.41, 5.74) is 3.06. The van der Waals surface area contributed by atoms with Crippen LogP contribution in [-0.2, 0) is 4.74 Å². The Kier molecular flexibility index (Phi) is 7.41. The Bertz CT molecular complexity index is 801. The summed E-state index contributed by atoms with van der Waals surface area (Å²) in [6.45, 7) is 7.70. The van der Waals surface area contributed by atoms with Gasteiger partial charge in [0.25, 0.3) is 5.91 Å². The Morgan fingerprint density at radius 1 is 1.21 bits per heavy atom. The van der Waals surface area contributed by atoms with Gasteiger partial charge < -0.3 is 20.3 Å². The fourth-order valence-electron chi connectivity index (χ4n) is 3.40. The zero-order valence-electron chi connectivity index (χ0n) is 17.6. The minimum atomic E-state index is -0.241. The van der Waals surface area contributed by atoms with Gasteiger partial charge in [0.15, 0.2) is 0 Å². The predicted molar refractivity (Wildman–Crippen MR) is 117 cm³/mol. The number of nitrogens with one attached hydrogen (secondary N) is 2. The third-order valence-corrected chi connectivity index (χ3v) is 5.17. The van der Waals surface area contributed by atoms with E-state index in [9.17, 15) is 4.79 Å². The Morgan fingerprint density at radius 3 is 2.62 bits per heavy atom. The highest BCUT2D eigenvalue weighted by Gasteiger charge is 2.16. The highest BCUT2D eigenvalue weighted by Crippen LogP contribution is 2.24. The third-order valence-electron chi connectivity index (χ3n) is 5.17. The van der Waals surface area contributed by atoms with E-state index >= 15 is 0 Å². The summed E-state index contributed by atoms with van der Waals surface area (Å²) >= 11 is 0. The maximum atomic E-state index is 12.7. The van der Waals surface area contributed by atoms with Gasteiger partial charge in [-0.25, -0.2) is 9.97 Å². The standard InChI is InChI=1S/C22H31N5O2/c1-16-9-12-27(13-10-16)19-7-5-18(6-8-19)25-21(28)20-15-17(2)24-22(26-20)23-11-4-14-29-3/h5-8,15-16H,4,9-14H2,1-3H3,(H,25,28)(H,23,24,26). The number of aryl methyl sites for hydroxylation is 1. The fourth-order valence-corrected chi connectivity index (χ4v) is 3.40. The minimum Gasteiger partial charge on any atom is -0.385 e. The smallest absolute Gasteiger partial charge is 0.274 e. The van der Waals surface area contributed by atoms with Gasteiger partial charge >= 0.3 is 0 Å². The molecule has 156 valence electrons. The van der Waals surface area contributed by atoms with Crippen molar-refractivity contribution in [2.75, 3.05) is 48.9 Å². The molecule has 0 saturated carbocycles. The van der Waals surface area contributed by atoms with Crippen LogP contribution < -0.4 is 15.5 Å². The van der Waals surface area contributed by atoms with Crippen molar-refractivity contribution in [1.29, 1.82) is 0 Å². The molecule has 1 aromatic carbocycles. The first-order valence-corrected chi connectivity index (χ1v) is 10.3. The molecule has 0 atom stereocenters. The van der Waals surface area contributed by atoms with Crippen LogP contribution in [-0.4, -0.2) is 49.2 Å². The minimum absolute atomic E-state index is 0.241. The number of aromatic nitrogens is 2. The van der Waals surface area contributed by atoms with E-state index in [1.54, 1.807) is 13.2 Å². The van der Waals surface area contributed by atoms with Crippen LogP contribution in [0.15, 0.2) is 30.3 Å². The van der Waals surface area contributed by atoms with Crippen molar-refractivity contribution in [2.45, 2.75) is 33.1 Å². The average molecular weight is 398 g/mol. The molecule has 2 N–H and O–H groups in total. The van der Waals surface area contributed by atoms with Crippen LogP contribution in [0.5, 0.6) is 0 Å². The Balaban J connectivity index is 1.60. The summed E-state index contributed by atoms with van der Waals surface area (Å²) in [7, 11) is 1.67. The molecule has 7 nitrogen and oxygen atoms in total. The second-order valence-corrected chi connectivity index (χ2v) is 7.66. The van der Waals surface area contributed by atoms with Gasteiger partial charge in [-0.1, -0.05) is 6.92 Å². The number of nitrogens with zero attached hydrogens (tertiary/aromatic N) is 3. The van der Waals surface area contributed by atoms with Crippen molar-refractivity contribution in [3.63, 3.8) is 0 Å². The number of rotatable bonds is 8. The quantitative estimate of drug-likeness (QED) is 0.661. The maximum absolute atomic E-state index is 12.7. The molecule has 2 heterocycles. The van der Waals surface area contributed by atoms with Crippen LogP contribution in [0.25, 0.3) is 0 Å². The van der Waals surface area contributed by atoms with E-state index in [0.29, 0.717) is 24.8 Å². The van der Waals surface area contributed by atoms with Crippen molar-refractivity contribution in [1.82, 2.24) is 9.97 Å². The molecule has 0 unspecified atom stereocenters. The molecule has 1 aliphatic heterocycles. The van der Waals surface area contributed by atoms with Crippen LogP contribution in [0.4, 0.5) is 17.3 Å². The second-order valence-electron chi connectivity index (χ2n) is 7.66. The highest BCUT2D eigenvalue weighted by atomic mass is 16.5. The number of ether oxygens (including phenoxy) is 1. The zero-order valence-corrected chi connectivity index (χ0v) is 17.6. The summed E-state index contributed by atoms with van der Waals surface area (Å²) in [6, 6.07) is 9.73. The van der Waals surface area contributed by atoms with E-state index in [4.69, 9.17) is 4.74 Å². The van der Waals surface area contributed by atoms with Crippen molar-refractivity contribution >= 4 is 23.2 Å². The van der Waals surface area contributed by atoms with Gasteiger partial charge in [-0.2, -0.15) is 0 Å². The number of hydrogen-bond acceptors (Lipinski definition) is 6. The molecular formula is C22H31N5O2. The van der Waals surface area contributed by atoms with Crippen LogP contribution in [0.3, 0.4) is 0 Å². The topological polar surface area (TPSA) is 79.4 Å². The molecule has 1 saturated heterocycles. The van der Waals surface area contributed by atoms with E-state index in [0.717, 1.165) is 36.8 Å². The normalized spacial score (nSPS) is 14.7. The van der Waals surface area contributed by atoms with Crippen LogP contribution in [0.2, 0.25) is 0 Å². The van der Waals surface area contributed by atoms with Gasteiger partial charge in [0, 0.05) is 50.4 Å². The van der Waals surface area contributed by atoms with Crippen LogP contribution in [0, 0.1) is 12.8 Å². The van der Waals surface area contributed by atoms with Gasteiger partial charge in [0.2, 0.25) is 5.95 Å². The van der Waals surface area contributed by atoms with E-state index in [1.807, 2.05) is 19.1 Å². The van der Waals surface area contributed by atoms with Crippen LogP contribution >= 0.6 is 0 Å². The molecule has 1 amide bonds. The first kappa shape index (κ1) is 21.0. The Hall–Kier alpha value is -2.67. The zero-order chi connectivity index (χ0) is 20.6. The lowest BCUT2D eigenvalue weighted by Gasteiger charge is -2.32. The highest BCUT2D eigenvalue weighted by molar-refractivity contribution is 6.03. The van der Waals surface area contributed by atoms with Crippen molar-refractivity contribution in [2.24, 2.45) is 5.92 Å². The van der Waals surface area contributed by atoms with Gasteiger partial charge in [0.1, 0.15) is 5.69 Å². The molecule has 1 fully saturated rings. The first-order chi connectivity index (χ1) is 14.0. The summed E-state index contributed by atoms with van der Waals surface area (Å²) in [6.07, 6.45) is 3.30. The molecule has 7 heteroatoms. The number of methoxy groups -OCH3 is 1. The lowest BCUT2D eigenvalue weighted by atomic mass is 9.99. The summed E-state index contributed by atoms with van der Waals surface area (Å²) < 4.78 is 5.04. The maximum Gasteiger partial charge on any atom is 0.274 e. The number of anilines is 3. The molecule has 1 aromatic heterocycles. The number of carbonyl (C=O) groups excluding carboxylic acids is 1. The molecular weight excluding hydrogens is 366 g/mol. The van der Waals surface area contributed by atoms with E-state index in [2.05, 4.69) is 44.6 Å². The third kappa shape index (κ3) is 6.15. The number of amides is 1. The largest absolute Gasteiger partial charge is 0.385 e. The summed E-state index contributed by atoms with van der Waals surface area (Å²) in [5.74, 6) is 1.02. The molecule has 29 heavy (non-hydrogen) atoms. The monoisotopic (exact) mass is 397 g/mol. The predicted octanol–water partition coefficient (Wildman–Crippen LogP) is 3.72. The van der Waals surface area contributed by atoms with E-state index < -0.39 is 0 Å². The lowest BCUT2D eigenvalue weighted by Crippen LogP contribution is -2.32. The molecule has 0 radical (unpaired) electrons. The first-order valence-electron chi connectivity index (χ1n) is 10.3.